The number of hydrogen-bond donors (Lipinski definition) is 1. The van der Waals surface area contributed by atoms with Crippen LogP contribution in [0.1, 0.15) is 17.8 Å². The first-order valence-electron chi connectivity index (χ1n) is 7.27. The van der Waals surface area contributed by atoms with Crippen LogP contribution in [0.4, 0.5) is 0 Å². The first-order chi connectivity index (χ1) is 10.8. The summed E-state index contributed by atoms with van der Waals surface area (Å²) in [7, 11) is 3.67. The molecule has 1 unspecified atom stereocenters. The number of rotatable bonds is 5. The summed E-state index contributed by atoms with van der Waals surface area (Å²) in [5, 5.41) is 7.40. The molecular formula is C15H21ClN4O3. The van der Waals surface area contributed by atoms with E-state index in [-0.39, 0.29) is 25.1 Å². The van der Waals surface area contributed by atoms with E-state index < -0.39 is 0 Å². The zero-order valence-corrected chi connectivity index (χ0v) is 14.0. The van der Waals surface area contributed by atoms with E-state index in [4.69, 9.17) is 14.0 Å². The number of halogens is 1. The third-order valence-corrected chi connectivity index (χ3v) is 3.71. The molecule has 1 aliphatic heterocycles. The number of likely N-dealkylation sites (N-methyl/N-ethyl adjacent to an activating group) is 1. The topological polar surface area (TPSA) is 72.7 Å². The van der Waals surface area contributed by atoms with Crippen molar-refractivity contribution in [2.24, 2.45) is 0 Å². The average molecular weight is 341 g/mol. The molecule has 1 saturated heterocycles. The molecule has 1 aromatic heterocycles. The molecule has 0 amide bonds. The van der Waals surface area contributed by atoms with Gasteiger partial charge in [0.2, 0.25) is 0 Å². The largest absolute Gasteiger partial charge is 0.493 e. The van der Waals surface area contributed by atoms with Gasteiger partial charge in [0.15, 0.2) is 23.9 Å². The maximum Gasteiger partial charge on any atom is 0.264 e. The van der Waals surface area contributed by atoms with Crippen LogP contribution >= 0.6 is 12.4 Å². The summed E-state index contributed by atoms with van der Waals surface area (Å²) < 4.78 is 16.2. The summed E-state index contributed by atoms with van der Waals surface area (Å²) >= 11 is 0. The summed E-state index contributed by atoms with van der Waals surface area (Å²) in [5.74, 6) is 2.48. The second kappa shape index (κ2) is 8.14. The van der Waals surface area contributed by atoms with Crippen molar-refractivity contribution in [2.45, 2.75) is 12.6 Å². The van der Waals surface area contributed by atoms with Gasteiger partial charge < -0.3 is 19.3 Å². The smallest absolute Gasteiger partial charge is 0.264 e. The predicted octanol–water partition coefficient (Wildman–Crippen LogP) is 1.66. The number of benzene rings is 1. The molecule has 0 radical (unpaired) electrons. The Kier molecular flexibility index (Phi) is 6.20. The van der Waals surface area contributed by atoms with E-state index in [1.54, 1.807) is 7.11 Å². The molecule has 7 nitrogen and oxygen atoms in total. The van der Waals surface area contributed by atoms with Crippen LogP contribution in [0.25, 0.3) is 0 Å². The Morgan fingerprint density at radius 1 is 1.35 bits per heavy atom. The quantitative estimate of drug-likeness (QED) is 0.887. The molecule has 0 saturated carbocycles. The van der Waals surface area contributed by atoms with E-state index in [1.807, 2.05) is 24.3 Å². The van der Waals surface area contributed by atoms with Crippen molar-refractivity contribution in [1.82, 2.24) is 20.4 Å². The van der Waals surface area contributed by atoms with Crippen LogP contribution in [0, 0.1) is 0 Å². The highest BCUT2D eigenvalue weighted by atomic mass is 35.5. The minimum atomic E-state index is 0. The fraction of sp³-hybridized carbons (Fsp3) is 0.467. The first kappa shape index (κ1) is 17.5. The van der Waals surface area contributed by atoms with Crippen molar-refractivity contribution >= 4 is 12.4 Å². The molecule has 1 fully saturated rings. The fourth-order valence-corrected chi connectivity index (χ4v) is 2.43. The minimum absolute atomic E-state index is 0. The first-order valence-corrected chi connectivity index (χ1v) is 7.27. The van der Waals surface area contributed by atoms with Gasteiger partial charge in [0.1, 0.15) is 0 Å². The molecule has 1 aromatic carbocycles. The zero-order chi connectivity index (χ0) is 15.4. The van der Waals surface area contributed by atoms with Crippen molar-refractivity contribution < 1.29 is 14.0 Å². The molecular weight excluding hydrogens is 320 g/mol. The molecule has 2 aromatic rings. The van der Waals surface area contributed by atoms with Gasteiger partial charge in [-0.3, -0.25) is 4.90 Å². The van der Waals surface area contributed by atoms with Crippen LogP contribution in [-0.2, 0) is 6.61 Å². The standard InChI is InChI=1S/C15H20N4O3.ClH/c1-19-8-7-16-9-11(19)15-17-14(22-18-15)10-21-13-6-4-3-5-12(13)20-2;/h3-6,11,16H,7-10H2,1-2H3;1H. The molecule has 8 heteroatoms. The second-order valence-electron chi connectivity index (χ2n) is 5.19. The Morgan fingerprint density at radius 2 is 2.13 bits per heavy atom. The van der Waals surface area contributed by atoms with Gasteiger partial charge in [0.05, 0.1) is 13.2 Å². The average Bonchev–Trinajstić information content (AvgIpc) is 3.02. The van der Waals surface area contributed by atoms with E-state index in [0.717, 1.165) is 19.6 Å². The molecule has 3 rings (SSSR count). The number of hydrogen-bond acceptors (Lipinski definition) is 7. The Hall–Kier alpha value is -1.83. The summed E-state index contributed by atoms with van der Waals surface area (Å²) in [4.78, 5) is 6.64. The van der Waals surface area contributed by atoms with E-state index >= 15 is 0 Å². The number of nitrogens with one attached hydrogen (secondary N) is 1. The third kappa shape index (κ3) is 4.13. The van der Waals surface area contributed by atoms with Crippen molar-refractivity contribution in [3.8, 4) is 11.5 Å². The number of methoxy groups -OCH3 is 1. The SMILES string of the molecule is COc1ccccc1OCc1nc(C2CNCCN2C)no1.Cl. The Balaban J connectivity index is 0.00000192. The Labute approximate surface area is 141 Å². The van der Waals surface area contributed by atoms with Gasteiger partial charge in [-0.05, 0) is 19.2 Å². The van der Waals surface area contributed by atoms with Gasteiger partial charge in [-0.2, -0.15) is 4.98 Å². The summed E-state index contributed by atoms with van der Waals surface area (Å²) in [6, 6.07) is 7.60. The molecule has 1 aliphatic rings. The molecule has 2 heterocycles. The second-order valence-corrected chi connectivity index (χ2v) is 5.19. The van der Waals surface area contributed by atoms with Gasteiger partial charge in [-0.25, -0.2) is 0 Å². The van der Waals surface area contributed by atoms with Gasteiger partial charge >= 0.3 is 0 Å². The number of piperazine rings is 1. The van der Waals surface area contributed by atoms with Crippen LogP contribution in [0.2, 0.25) is 0 Å². The zero-order valence-electron chi connectivity index (χ0n) is 13.2. The number of para-hydroxylation sites is 2. The highest BCUT2D eigenvalue weighted by Gasteiger charge is 2.25. The predicted molar refractivity (Wildman–Crippen MR) is 87.1 cm³/mol. The molecule has 1 N–H and O–H groups in total. The lowest BCUT2D eigenvalue weighted by Gasteiger charge is -2.30. The van der Waals surface area contributed by atoms with Gasteiger partial charge in [0, 0.05) is 19.6 Å². The van der Waals surface area contributed by atoms with Crippen LogP contribution in [0.3, 0.4) is 0 Å². The Morgan fingerprint density at radius 3 is 2.87 bits per heavy atom. The molecule has 0 spiro atoms. The van der Waals surface area contributed by atoms with E-state index in [1.165, 1.54) is 0 Å². The van der Waals surface area contributed by atoms with Crippen LogP contribution in [0.5, 0.6) is 11.5 Å². The van der Waals surface area contributed by atoms with E-state index in [0.29, 0.717) is 23.2 Å². The molecule has 126 valence electrons. The van der Waals surface area contributed by atoms with Crippen LogP contribution in [-0.4, -0.2) is 48.8 Å². The number of nitrogens with zero attached hydrogens (tertiary/aromatic N) is 3. The lowest BCUT2D eigenvalue weighted by Crippen LogP contribution is -2.44. The van der Waals surface area contributed by atoms with Crippen molar-refractivity contribution in [1.29, 1.82) is 0 Å². The van der Waals surface area contributed by atoms with E-state index in [9.17, 15) is 0 Å². The fourth-order valence-electron chi connectivity index (χ4n) is 2.43. The monoisotopic (exact) mass is 340 g/mol. The van der Waals surface area contributed by atoms with Crippen LogP contribution in [0.15, 0.2) is 28.8 Å². The highest BCUT2D eigenvalue weighted by Crippen LogP contribution is 2.26. The maximum absolute atomic E-state index is 5.69. The van der Waals surface area contributed by atoms with Gasteiger partial charge in [-0.1, -0.05) is 17.3 Å². The summed E-state index contributed by atoms with van der Waals surface area (Å²) in [6.45, 7) is 2.99. The molecule has 0 bridgehead atoms. The molecule has 23 heavy (non-hydrogen) atoms. The lowest BCUT2D eigenvalue weighted by atomic mass is 10.2. The van der Waals surface area contributed by atoms with Crippen molar-refractivity contribution in [2.75, 3.05) is 33.8 Å². The van der Waals surface area contributed by atoms with E-state index in [2.05, 4.69) is 27.4 Å². The molecule has 0 aliphatic carbocycles. The third-order valence-electron chi connectivity index (χ3n) is 3.71. The van der Waals surface area contributed by atoms with Gasteiger partial charge in [0.25, 0.3) is 5.89 Å². The van der Waals surface area contributed by atoms with Crippen LogP contribution < -0.4 is 14.8 Å². The minimum Gasteiger partial charge on any atom is -0.493 e. The highest BCUT2D eigenvalue weighted by molar-refractivity contribution is 5.85. The number of aromatic nitrogens is 2. The number of ether oxygens (including phenoxy) is 2. The van der Waals surface area contributed by atoms with Gasteiger partial charge in [-0.15, -0.1) is 12.4 Å². The van der Waals surface area contributed by atoms with Crippen molar-refractivity contribution in [3.05, 3.63) is 36.0 Å². The summed E-state index contributed by atoms with van der Waals surface area (Å²) in [6.07, 6.45) is 0. The Bertz CT molecular complexity index is 622. The summed E-state index contributed by atoms with van der Waals surface area (Å²) in [5.41, 5.74) is 0. The van der Waals surface area contributed by atoms with Crippen molar-refractivity contribution in [3.63, 3.8) is 0 Å². The lowest BCUT2D eigenvalue weighted by molar-refractivity contribution is 0.189. The molecule has 1 atom stereocenters. The maximum atomic E-state index is 5.69. The normalized spacial score (nSPS) is 18.3.